The van der Waals surface area contributed by atoms with Crippen LogP contribution in [0.2, 0.25) is 0 Å². The maximum absolute atomic E-state index is 12.0. The molecule has 0 fully saturated rings. The van der Waals surface area contributed by atoms with Gasteiger partial charge in [0.05, 0.1) is 10.2 Å². The van der Waals surface area contributed by atoms with Gasteiger partial charge < -0.3 is 10.6 Å². The lowest BCUT2D eigenvalue weighted by molar-refractivity contribution is 0.0954. The zero-order valence-corrected chi connectivity index (χ0v) is 12.9. The van der Waals surface area contributed by atoms with Gasteiger partial charge in [0.25, 0.3) is 5.91 Å². The van der Waals surface area contributed by atoms with Crippen LogP contribution < -0.4 is 10.6 Å². The largest absolute Gasteiger partial charge is 0.352 e. The van der Waals surface area contributed by atoms with Crippen molar-refractivity contribution < 1.29 is 4.79 Å². The standard InChI is InChI=1S/C15H15N5OS/c1-2-6-17-14(21)10-3-4-11-12(8-10)22-15(19-11)20-13-5-7-16-9-18-13/h3-5,7-9H,2,6H2,1H3,(H,17,21)(H,16,18,19,20). The van der Waals surface area contributed by atoms with Crippen LogP contribution >= 0.6 is 11.3 Å². The summed E-state index contributed by atoms with van der Waals surface area (Å²) >= 11 is 1.48. The van der Waals surface area contributed by atoms with Crippen molar-refractivity contribution >= 4 is 38.4 Å². The highest BCUT2D eigenvalue weighted by atomic mass is 32.1. The number of benzene rings is 1. The molecule has 112 valence electrons. The first-order valence-electron chi connectivity index (χ1n) is 6.98. The Hall–Kier alpha value is -2.54. The summed E-state index contributed by atoms with van der Waals surface area (Å²) < 4.78 is 0.959. The van der Waals surface area contributed by atoms with E-state index in [1.807, 2.05) is 19.1 Å². The van der Waals surface area contributed by atoms with Gasteiger partial charge in [-0.3, -0.25) is 4.79 Å². The lowest BCUT2D eigenvalue weighted by Gasteiger charge is -2.02. The van der Waals surface area contributed by atoms with Crippen LogP contribution in [-0.2, 0) is 0 Å². The number of anilines is 2. The predicted molar refractivity (Wildman–Crippen MR) is 87.6 cm³/mol. The molecule has 0 saturated heterocycles. The molecule has 2 aromatic heterocycles. The molecule has 0 radical (unpaired) electrons. The Kier molecular flexibility index (Phi) is 4.24. The molecule has 0 spiro atoms. The van der Waals surface area contributed by atoms with Gasteiger partial charge in [0.1, 0.15) is 12.1 Å². The third-order valence-electron chi connectivity index (χ3n) is 3.00. The van der Waals surface area contributed by atoms with Crippen molar-refractivity contribution in [2.45, 2.75) is 13.3 Å². The Balaban J connectivity index is 1.82. The fraction of sp³-hybridized carbons (Fsp3) is 0.200. The molecule has 2 heterocycles. The van der Waals surface area contributed by atoms with Crippen LogP contribution in [0.25, 0.3) is 10.2 Å². The lowest BCUT2D eigenvalue weighted by Crippen LogP contribution is -2.23. The molecule has 7 heteroatoms. The zero-order valence-electron chi connectivity index (χ0n) is 12.0. The number of amides is 1. The fourth-order valence-corrected chi connectivity index (χ4v) is 2.85. The van der Waals surface area contributed by atoms with Crippen LogP contribution in [0, 0.1) is 0 Å². The first-order valence-corrected chi connectivity index (χ1v) is 7.79. The molecular formula is C15H15N5OS. The first-order chi connectivity index (χ1) is 10.8. The van der Waals surface area contributed by atoms with Crippen LogP contribution in [0.15, 0.2) is 36.8 Å². The Morgan fingerprint density at radius 3 is 3.00 bits per heavy atom. The molecule has 0 unspecified atom stereocenters. The summed E-state index contributed by atoms with van der Waals surface area (Å²) in [6, 6.07) is 7.29. The summed E-state index contributed by atoms with van der Waals surface area (Å²) in [6.07, 6.45) is 4.06. The van der Waals surface area contributed by atoms with Crippen LogP contribution in [0.3, 0.4) is 0 Å². The summed E-state index contributed by atoms with van der Waals surface area (Å²) in [6.45, 7) is 2.71. The smallest absolute Gasteiger partial charge is 0.251 e. The molecule has 22 heavy (non-hydrogen) atoms. The molecule has 0 aliphatic carbocycles. The molecule has 3 rings (SSSR count). The molecule has 0 aliphatic rings. The highest BCUT2D eigenvalue weighted by Gasteiger charge is 2.09. The second-order valence-electron chi connectivity index (χ2n) is 4.68. The van der Waals surface area contributed by atoms with Gasteiger partial charge in [-0.15, -0.1) is 0 Å². The van der Waals surface area contributed by atoms with Crippen molar-refractivity contribution in [2.24, 2.45) is 0 Å². The van der Waals surface area contributed by atoms with Crippen LogP contribution in [0.1, 0.15) is 23.7 Å². The van der Waals surface area contributed by atoms with E-state index in [1.54, 1.807) is 18.3 Å². The summed E-state index contributed by atoms with van der Waals surface area (Å²) in [5.74, 6) is 0.637. The van der Waals surface area contributed by atoms with Gasteiger partial charge in [-0.2, -0.15) is 0 Å². The number of thiazole rings is 1. The molecular weight excluding hydrogens is 298 g/mol. The van der Waals surface area contributed by atoms with Crippen molar-refractivity contribution in [2.75, 3.05) is 11.9 Å². The predicted octanol–water partition coefficient (Wildman–Crippen LogP) is 2.97. The van der Waals surface area contributed by atoms with Gasteiger partial charge in [0.2, 0.25) is 0 Å². The number of hydrogen-bond acceptors (Lipinski definition) is 6. The molecule has 1 amide bonds. The van der Waals surface area contributed by atoms with Crippen LogP contribution in [-0.4, -0.2) is 27.4 Å². The van der Waals surface area contributed by atoms with E-state index in [0.717, 1.165) is 21.8 Å². The quantitative estimate of drug-likeness (QED) is 0.757. The second kappa shape index (κ2) is 6.48. The number of hydrogen-bond donors (Lipinski definition) is 2. The number of aromatic nitrogens is 3. The van der Waals surface area contributed by atoms with Crippen LogP contribution in [0.4, 0.5) is 10.9 Å². The normalized spacial score (nSPS) is 10.6. The maximum atomic E-state index is 12.0. The Morgan fingerprint density at radius 1 is 1.32 bits per heavy atom. The summed E-state index contributed by atoms with van der Waals surface area (Å²) in [4.78, 5) is 24.4. The van der Waals surface area contributed by atoms with Gasteiger partial charge in [-0.1, -0.05) is 18.3 Å². The van der Waals surface area contributed by atoms with Crippen molar-refractivity contribution in [1.29, 1.82) is 0 Å². The minimum Gasteiger partial charge on any atom is -0.352 e. The molecule has 0 saturated carbocycles. The molecule has 3 aromatic rings. The topological polar surface area (TPSA) is 79.8 Å². The van der Waals surface area contributed by atoms with E-state index >= 15 is 0 Å². The summed E-state index contributed by atoms with van der Waals surface area (Å²) in [7, 11) is 0. The molecule has 0 bridgehead atoms. The van der Waals surface area contributed by atoms with Gasteiger partial charge in [-0.25, -0.2) is 15.0 Å². The minimum atomic E-state index is -0.0533. The SMILES string of the molecule is CCCNC(=O)c1ccc2nc(Nc3ccncn3)sc2c1. The lowest BCUT2D eigenvalue weighted by atomic mass is 10.2. The van der Waals surface area contributed by atoms with E-state index in [-0.39, 0.29) is 5.91 Å². The third kappa shape index (κ3) is 3.20. The average molecular weight is 313 g/mol. The first kappa shape index (κ1) is 14.4. The second-order valence-corrected chi connectivity index (χ2v) is 5.71. The molecule has 2 N–H and O–H groups in total. The van der Waals surface area contributed by atoms with Gasteiger partial charge in [0, 0.05) is 18.3 Å². The summed E-state index contributed by atoms with van der Waals surface area (Å²) in [5, 5.41) is 6.74. The Morgan fingerprint density at radius 2 is 2.23 bits per heavy atom. The zero-order chi connectivity index (χ0) is 15.4. The van der Waals surface area contributed by atoms with Gasteiger partial charge in [0.15, 0.2) is 5.13 Å². The Bertz CT molecular complexity index is 787. The number of rotatable bonds is 5. The van der Waals surface area contributed by atoms with Gasteiger partial charge >= 0.3 is 0 Å². The molecule has 6 nitrogen and oxygen atoms in total. The van der Waals surface area contributed by atoms with Crippen molar-refractivity contribution in [3.8, 4) is 0 Å². The highest BCUT2D eigenvalue weighted by Crippen LogP contribution is 2.28. The highest BCUT2D eigenvalue weighted by molar-refractivity contribution is 7.22. The van der Waals surface area contributed by atoms with Crippen molar-refractivity contribution in [3.05, 3.63) is 42.4 Å². The van der Waals surface area contributed by atoms with E-state index in [4.69, 9.17) is 0 Å². The average Bonchev–Trinajstić information content (AvgIpc) is 2.94. The monoisotopic (exact) mass is 313 g/mol. The number of nitrogens with zero attached hydrogens (tertiary/aromatic N) is 3. The van der Waals surface area contributed by atoms with Crippen molar-refractivity contribution in [1.82, 2.24) is 20.3 Å². The number of carbonyl (C=O) groups excluding carboxylic acids is 1. The summed E-state index contributed by atoms with van der Waals surface area (Å²) in [5.41, 5.74) is 1.51. The van der Waals surface area contributed by atoms with E-state index in [1.165, 1.54) is 17.7 Å². The number of nitrogens with one attached hydrogen (secondary N) is 2. The van der Waals surface area contributed by atoms with E-state index in [2.05, 4.69) is 25.6 Å². The fourth-order valence-electron chi connectivity index (χ4n) is 1.93. The molecule has 0 aliphatic heterocycles. The Labute approximate surface area is 131 Å². The van der Waals surface area contributed by atoms with E-state index in [9.17, 15) is 4.79 Å². The minimum absolute atomic E-state index is 0.0533. The van der Waals surface area contributed by atoms with Crippen LogP contribution in [0.5, 0.6) is 0 Å². The van der Waals surface area contributed by atoms with Gasteiger partial charge in [-0.05, 0) is 30.7 Å². The molecule has 0 atom stereocenters. The number of carbonyl (C=O) groups is 1. The maximum Gasteiger partial charge on any atom is 0.251 e. The molecule has 1 aromatic carbocycles. The van der Waals surface area contributed by atoms with E-state index < -0.39 is 0 Å². The number of fused-ring (bicyclic) bond motifs is 1. The van der Waals surface area contributed by atoms with E-state index in [0.29, 0.717) is 17.9 Å². The van der Waals surface area contributed by atoms with Crippen molar-refractivity contribution in [3.63, 3.8) is 0 Å². The third-order valence-corrected chi connectivity index (χ3v) is 3.94.